The van der Waals surface area contributed by atoms with Crippen molar-refractivity contribution in [2.45, 2.75) is 280 Å². The largest absolute Gasteiger partial charge is 0.394 e. The van der Waals surface area contributed by atoms with Crippen molar-refractivity contribution in [3.63, 3.8) is 0 Å². The van der Waals surface area contributed by atoms with Crippen molar-refractivity contribution in [3.8, 4) is 0 Å². The lowest BCUT2D eigenvalue weighted by molar-refractivity contribution is -0.359. The van der Waals surface area contributed by atoms with E-state index in [0.29, 0.717) is 12.8 Å². The van der Waals surface area contributed by atoms with E-state index >= 15 is 0 Å². The molecule has 1 amide bonds. The number of hydrogen-bond donors (Lipinski definition) is 9. The van der Waals surface area contributed by atoms with Crippen LogP contribution in [0.25, 0.3) is 0 Å². The Bertz CT molecular complexity index is 1060. The number of carbonyl (C=O) groups is 1. The fourth-order valence-electron chi connectivity index (χ4n) is 8.65. The minimum Gasteiger partial charge on any atom is -0.394 e. The topological polar surface area (TPSA) is 228 Å². The van der Waals surface area contributed by atoms with E-state index in [2.05, 4.69) is 19.2 Å². The van der Waals surface area contributed by atoms with E-state index in [0.717, 1.165) is 51.4 Å². The number of aliphatic hydroxyl groups excluding tert-OH is 8. The number of aliphatic hydroxyl groups is 8. The molecule has 0 spiro atoms. The molecule has 368 valence electrons. The second-order valence-corrected chi connectivity index (χ2v) is 18.3. The van der Waals surface area contributed by atoms with Gasteiger partial charge in [0.25, 0.3) is 0 Å². The highest BCUT2D eigenvalue weighted by atomic mass is 16.7. The fourth-order valence-corrected chi connectivity index (χ4v) is 8.65. The van der Waals surface area contributed by atoms with E-state index in [1.54, 1.807) is 0 Å². The van der Waals surface area contributed by atoms with Crippen molar-refractivity contribution in [2.75, 3.05) is 19.8 Å². The number of amides is 1. The number of hydrogen-bond acceptors (Lipinski definition) is 13. The van der Waals surface area contributed by atoms with Gasteiger partial charge in [-0.15, -0.1) is 0 Å². The number of unbranched alkanes of at least 4 members (excludes halogenated alkanes) is 26. The van der Waals surface area contributed by atoms with Crippen LogP contribution < -0.4 is 5.32 Å². The van der Waals surface area contributed by atoms with E-state index in [1.807, 2.05) is 0 Å². The molecule has 9 N–H and O–H groups in total. The molecule has 0 aromatic carbocycles. The van der Waals surface area contributed by atoms with Crippen LogP contribution in [-0.4, -0.2) is 140 Å². The van der Waals surface area contributed by atoms with Crippen LogP contribution in [-0.2, 0) is 23.7 Å². The maximum Gasteiger partial charge on any atom is 0.220 e. The molecule has 2 heterocycles. The average molecular weight is 892 g/mol. The first-order chi connectivity index (χ1) is 30.1. The maximum atomic E-state index is 13.1. The Morgan fingerprint density at radius 1 is 0.516 bits per heavy atom. The van der Waals surface area contributed by atoms with Crippen LogP contribution in [0.1, 0.15) is 206 Å². The van der Waals surface area contributed by atoms with Crippen LogP contribution >= 0.6 is 0 Å². The highest BCUT2D eigenvalue weighted by molar-refractivity contribution is 5.76. The molecule has 0 aromatic heterocycles. The monoisotopic (exact) mass is 892 g/mol. The summed E-state index contributed by atoms with van der Waals surface area (Å²) in [4.78, 5) is 13.1. The Morgan fingerprint density at radius 2 is 0.919 bits per heavy atom. The van der Waals surface area contributed by atoms with Crippen molar-refractivity contribution in [1.29, 1.82) is 0 Å². The van der Waals surface area contributed by atoms with Gasteiger partial charge in [-0.1, -0.05) is 187 Å². The Hall–Kier alpha value is -1.01. The van der Waals surface area contributed by atoms with E-state index in [-0.39, 0.29) is 12.5 Å². The van der Waals surface area contributed by atoms with Gasteiger partial charge in [0.2, 0.25) is 5.91 Å². The smallest absolute Gasteiger partial charge is 0.220 e. The lowest BCUT2D eigenvalue weighted by Crippen LogP contribution is -2.65. The fraction of sp³-hybridized carbons (Fsp3) is 0.979. The molecule has 14 heteroatoms. The van der Waals surface area contributed by atoms with Gasteiger partial charge in [-0.2, -0.15) is 0 Å². The molecule has 0 saturated carbocycles. The Morgan fingerprint density at radius 3 is 1.37 bits per heavy atom. The zero-order chi connectivity index (χ0) is 45.4. The second-order valence-electron chi connectivity index (χ2n) is 18.3. The summed E-state index contributed by atoms with van der Waals surface area (Å²) in [5.74, 6) is -0.207. The van der Waals surface area contributed by atoms with Gasteiger partial charge < -0.3 is 65.1 Å². The summed E-state index contributed by atoms with van der Waals surface area (Å²) in [6.45, 7) is 2.81. The van der Waals surface area contributed by atoms with Crippen molar-refractivity contribution in [3.05, 3.63) is 0 Å². The molecule has 2 rings (SSSR count). The molecular weight excluding hydrogens is 799 g/mol. The lowest BCUT2D eigenvalue weighted by atomic mass is 9.97. The van der Waals surface area contributed by atoms with Gasteiger partial charge in [-0.05, 0) is 12.8 Å². The van der Waals surface area contributed by atoms with Crippen molar-refractivity contribution >= 4 is 5.91 Å². The first-order valence-electron chi connectivity index (χ1n) is 25.3. The van der Waals surface area contributed by atoms with E-state index in [1.165, 1.54) is 128 Å². The van der Waals surface area contributed by atoms with Crippen LogP contribution in [0.3, 0.4) is 0 Å². The summed E-state index contributed by atoms with van der Waals surface area (Å²) in [7, 11) is 0. The van der Waals surface area contributed by atoms with Gasteiger partial charge in [0.15, 0.2) is 12.6 Å². The third-order valence-electron chi connectivity index (χ3n) is 12.8. The quantitative estimate of drug-likeness (QED) is 0.0313. The summed E-state index contributed by atoms with van der Waals surface area (Å²) in [5.41, 5.74) is 0. The van der Waals surface area contributed by atoms with Crippen LogP contribution in [0.5, 0.6) is 0 Å². The summed E-state index contributed by atoms with van der Waals surface area (Å²) in [5, 5.41) is 86.5. The van der Waals surface area contributed by atoms with E-state index < -0.39 is 86.8 Å². The lowest BCUT2D eigenvalue weighted by Gasteiger charge is -2.46. The van der Waals surface area contributed by atoms with Gasteiger partial charge in [0.05, 0.1) is 32.0 Å². The summed E-state index contributed by atoms with van der Waals surface area (Å²) in [6.07, 6.45) is 18.6. The molecule has 2 fully saturated rings. The summed E-state index contributed by atoms with van der Waals surface area (Å²) < 4.78 is 22.7. The van der Waals surface area contributed by atoms with Crippen LogP contribution in [0.4, 0.5) is 0 Å². The second kappa shape index (κ2) is 36.2. The molecule has 0 aliphatic carbocycles. The highest BCUT2D eigenvalue weighted by Gasteiger charge is 2.51. The third-order valence-corrected chi connectivity index (χ3v) is 12.8. The Balaban J connectivity index is 1.72. The maximum absolute atomic E-state index is 13.1. The van der Waals surface area contributed by atoms with E-state index in [4.69, 9.17) is 18.9 Å². The Labute approximate surface area is 374 Å². The zero-order valence-electron chi connectivity index (χ0n) is 38.9. The van der Waals surface area contributed by atoms with Gasteiger partial charge in [0.1, 0.15) is 48.8 Å². The highest BCUT2D eigenvalue weighted by Crippen LogP contribution is 2.30. The zero-order valence-corrected chi connectivity index (χ0v) is 38.9. The molecule has 2 aliphatic rings. The molecule has 0 aromatic rings. The molecule has 12 atom stereocenters. The molecule has 0 bridgehead atoms. The van der Waals surface area contributed by atoms with Crippen molar-refractivity contribution < 1.29 is 64.6 Å². The van der Waals surface area contributed by atoms with Gasteiger partial charge >= 0.3 is 0 Å². The SMILES string of the molecule is CCCCCCCCCCCCCCCCCCCCCCCC(=O)NC(COC1OC(CO)C(OC2OC(CO)C(O)C(O)C2O)C(O)C1O)C(O)CCCCCCCCC. The Kier molecular flexibility index (Phi) is 33.3. The number of nitrogens with one attached hydrogen (secondary N) is 1. The minimum atomic E-state index is -1.78. The number of rotatable bonds is 39. The summed E-state index contributed by atoms with van der Waals surface area (Å²) in [6, 6.07) is -0.818. The summed E-state index contributed by atoms with van der Waals surface area (Å²) >= 11 is 0. The minimum absolute atomic E-state index is 0.207. The van der Waals surface area contributed by atoms with Crippen LogP contribution in [0.15, 0.2) is 0 Å². The third kappa shape index (κ3) is 23.4. The van der Waals surface area contributed by atoms with Gasteiger partial charge in [-0.25, -0.2) is 0 Å². The number of carbonyl (C=O) groups excluding carboxylic acids is 1. The van der Waals surface area contributed by atoms with Gasteiger partial charge in [0, 0.05) is 6.42 Å². The van der Waals surface area contributed by atoms with Gasteiger partial charge in [-0.3, -0.25) is 4.79 Å². The van der Waals surface area contributed by atoms with Crippen molar-refractivity contribution in [2.24, 2.45) is 0 Å². The predicted octanol–water partition coefficient (Wildman–Crippen LogP) is 6.22. The normalized spacial score (nSPS) is 27.6. The molecular formula is C48H93NO13. The van der Waals surface area contributed by atoms with Crippen LogP contribution in [0.2, 0.25) is 0 Å². The average Bonchev–Trinajstić information content (AvgIpc) is 3.27. The number of ether oxygens (including phenoxy) is 4. The van der Waals surface area contributed by atoms with E-state index in [9.17, 15) is 45.6 Å². The first kappa shape index (κ1) is 57.1. The molecule has 14 nitrogen and oxygen atoms in total. The molecule has 62 heavy (non-hydrogen) atoms. The molecule has 0 radical (unpaired) electrons. The van der Waals surface area contributed by atoms with Crippen LogP contribution in [0, 0.1) is 0 Å². The molecule has 2 aliphatic heterocycles. The predicted molar refractivity (Wildman–Crippen MR) is 240 cm³/mol. The van der Waals surface area contributed by atoms with Crippen molar-refractivity contribution in [1.82, 2.24) is 5.32 Å². The first-order valence-corrected chi connectivity index (χ1v) is 25.3. The molecule has 12 unspecified atom stereocenters. The molecule has 2 saturated heterocycles. The standard InChI is InChI=1S/C48H93NO13/c1-3-5-7-9-11-12-13-14-15-16-17-18-19-20-21-22-23-24-26-28-30-32-40(53)49-36(37(52)31-29-27-25-10-8-6-4-2)35-59-47-45(58)43(56)46(39(34-51)61-47)62-48-44(57)42(55)41(54)38(33-50)60-48/h36-39,41-48,50-52,54-58H,3-35H2,1-2H3,(H,49,53).